The molecular weight excluding hydrogens is 184 g/mol. The molecule has 0 aliphatic heterocycles. The maximum absolute atomic E-state index is 5.82. The minimum absolute atomic E-state index is 0.00424. The maximum atomic E-state index is 5.82. The number of rotatable bonds is 2. The molecule has 1 saturated carbocycles. The highest BCUT2D eigenvalue weighted by Crippen LogP contribution is 2.40. The number of aryl methyl sites for hydroxylation is 1. The van der Waals surface area contributed by atoms with Gasteiger partial charge in [-0.25, -0.2) is 0 Å². The number of ether oxygens (including phenoxy) is 1. The lowest BCUT2D eigenvalue weighted by molar-refractivity contribution is -0.0445. The Balaban J connectivity index is 2.32. The van der Waals surface area contributed by atoms with E-state index in [0.717, 1.165) is 0 Å². The Kier molecular flexibility index (Phi) is 3.11. The molecule has 1 nitrogen and oxygen atoms in total. The van der Waals surface area contributed by atoms with Gasteiger partial charge >= 0.3 is 0 Å². The fourth-order valence-electron chi connectivity index (χ4n) is 2.66. The first kappa shape index (κ1) is 10.7. The molecule has 0 aromatic heterocycles. The summed E-state index contributed by atoms with van der Waals surface area (Å²) in [5.74, 6) is 0. The third kappa shape index (κ3) is 2.07. The highest BCUT2D eigenvalue weighted by atomic mass is 16.5. The number of methoxy groups -OCH3 is 1. The summed E-state index contributed by atoms with van der Waals surface area (Å²) in [6.07, 6.45) is 6.29. The van der Waals surface area contributed by atoms with Crippen LogP contribution in [0, 0.1) is 6.92 Å². The molecular formula is C14H20O. The molecule has 1 fully saturated rings. The van der Waals surface area contributed by atoms with Gasteiger partial charge < -0.3 is 4.74 Å². The van der Waals surface area contributed by atoms with Gasteiger partial charge in [0, 0.05) is 7.11 Å². The first-order valence-electron chi connectivity index (χ1n) is 5.89. The van der Waals surface area contributed by atoms with E-state index in [9.17, 15) is 0 Å². The molecule has 1 heteroatoms. The van der Waals surface area contributed by atoms with Crippen molar-refractivity contribution in [3.05, 3.63) is 35.4 Å². The lowest BCUT2D eigenvalue weighted by atomic mass is 9.79. The summed E-state index contributed by atoms with van der Waals surface area (Å²) in [5.41, 5.74) is 2.70. The van der Waals surface area contributed by atoms with Crippen LogP contribution in [0.3, 0.4) is 0 Å². The maximum Gasteiger partial charge on any atom is 0.0927 e. The fraction of sp³-hybridized carbons (Fsp3) is 0.571. The molecule has 0 N–H and O–H groups in total. The number of hydrogen-bond acceptors (Lipinski definition) is 1. The van der Waals surface area contributed by atoms with Crippen LogP contribution in [0.15, 0.2) is 24.3 Å². The van der Waals surface area contributed by atoms with E-state index in [1.807, 2.05) is 7.11 Å². The van der Waals surface area contributed by atoms with E-state index in [1.165, 1.54) is 43.2 Å². The van der Waals surface area contributed by atoms with Gasteiger partial charge in [-0.15, -0.1) is 0 Å². The van der Waals surface area contributed by atoms with Crippen LogP contribution in [0.4, 0.5) is 0 Å². The van der Waals surface area contributed by atoms with Gasteiger partial charge in [0.25, 0.3) is 0 Å². The van der Waals surface area contributed by atoms with Crippen LogP contribution in [0.1, 0.15) is 43.2 Å². The van der Waals surface area contributed by atoms with Crippen molar-refractivity contribution in [1.82, 2.24) is 0 Å². The zero-order valence-corrected chi connectivity index (χ0v) is 9.75. The molecule has 1 aliphatic carbocycles. The van der Waals surface area contributed by atoms with Crippen molar-refractivity contribution in [2.24, 2.45) is 0 Å². The van der Waals surface area contributed by atoms with E-state index in [4.69, 9.17) is 4.74 Å². The highest BCUT2D eigenvalue weighted by molar-refractivity contribution is 5.28. The molecule has 0 spiro atoms. The Labute approximate surface area is 92.5 Å². The molecule has 1 aromatic carbocycles. The van der Waals surface area contributed by atoms with Crippen molar-refractivity contribution in [3.8, 4) is 0 Å². The molecule has 0 amide bonds. The van der Waals surface area contributed by atoms with Gasteiger partial charge in [0.2, 0.25) is 0 Å². The van der Waals surface area contributed by atoms with E-state index >= 15 is 0 Å². The standard InChI is InChI=1S/C14H20O/c1-12-7-6-8-13(11-12)14(15-2)9-4-3-5-10-14/h6-8,11H,3-5,9-10H2,1-2H3. The lowest BCUT2D eigenvalue weighted by Gasteiger charge is -2.36. The van der Waals surface area contributed by atoms with Crippen molar-refractivity contribution in [1.29, 1.82) is 0 Å². The smallest absolute Gasteiger partial charge is 0.0927 e. The molecule has 0 heterocycles. The zero-order valence-electron chi connectivity index (χ0n) is 9.75. The second-order valence-corrected chi connectivity index (χ2v) is 4.63. The van der Waals surface area contributed by atoms with Crippen LogP contribution in [0.25, 0.3) is 0 Å². The van der Waals surface area contributed by atoms with Gasteiger partial charge in [-0.2, -0.15) is 0 Å². The predicted molar refractivity (Wildman–Crippen MR) is 63.0 cm³/mol. The Morgan fingerprint density at radius 2 is 1.87 bits per heavy atom. The minimum Gasteiger partial charge on any atom is -0.374 e. The van der Waals surface area contributed by atoms with Crippen molar-refractivity contribution in [2.75, 3.05) is 7.11 Å². The quantitative estimate of drug-likeness (QED) is 0.712. The van der Waals surface area contributed by atoms with E-state index < -0.39 is 0 Å². The summed E-state index contributed by atoms with van der Waals surface area (Å²) in [6, 6.07) is 8.77. The second-order valence-electron chi connectivity index (χ2n) is 4.63. The van der Waals surface area contributed by atoms with Gasteiger partial charge in [0.15, 0.2) is 0 Å². The van der Waals surface area contributed by atoms with E-state index in [1.54, 1.807) is 0 Å². The zero-order chi connectivity index (χ0) is 10.7. The molecule has 2 rings (SSSR count). The van der Waals surface area contributed by atoms with Crippen molar-refractivity contribution < 1.29 is 4.74 Å². The first-order valence-corrected chi connectivity index (χ1v) is 5.89. The highest BCUT2D eigenvalue weighted by Gasteiger charge is 2.33. The van der Waals surface area contributed by atoms with Gasteiger partial charge in [-0.3, -0.25) is 0 Å². The van der Waals surface area contributed by atoms with E-state index in [0.29, 0.717) is 0 Å². The number of hydrogen-bond donors (Lipinski definition) is 0. The summed E-state index contributed by atoms with van der Waals surface area (Å²) in [7, 11) is 1.85. The summed E-state index contributed by atoms with van der Waals surface area (Å²) in [6.45, 7) is 2.15. The van der Waals surface area contributed by atoms with E-state index in [-0.39, 0.29) is 5.60 Å². The molecule has 15 heavy (non-hydrogen) atoms. The normalized spacial score (nSPS) is 20.1. The van der Waals surface area contributed by atoms with Gasteiger partial charge in [-0.1, -0.05) is 49.1 Å². The van der Waals surface area contributed by atoms with Crippen LogP contribution >= 0.6 is 0 Å². The molecule has 1 aliphatic rings. The summed E-state index contributed by atoms with van der Waals surface area (Å²) < 4.78 is 5.82. The largest absolute Gasteiger partial charge is 0.374 e. The van der Waals surface area contributed by atoms with Crippen molar-refractivity contribution in [3.63, 3.8) is 0 Å². The number of benzene rings is 1. The summed E-state index contributed by atoms with van der Waals surface area (Å²) >= 11 is 0. The summed E-state index contributed by atoms with van der Waals surface area (Å²) in [5, 5.41) is 0. The molecule has 82 valence electrons. The molecule has 0 radical (unpaired) electrons. The first-order chi connectivity index (χ1) is 7.27. The molecule has 0 atom stereocenters. The van der Waals surface area contributed by atoms with Crippen LogP contribution in [-0.2, 0) is 10.3 Å². The topological polar surface area (TPSA) is 9.23 Å². The van der Waals surface area contributed by atoms with E-state index in [2.05, 4.69) is 31.2 Å². The monoisotopic (exact) mass is 204 g/mol. The van der Waals surface area contributed by atoms with Gasteiger partial charge in [-0.05, 0) is 25.3 Å². The Morgan fingerprint density at radius 1 is 1.13 bits per heavy atom. The molecule has 0 saturated heterocycles. The SMILES string of the molecule is COC1(c2cccc(C)c2)CCCCC1. The fourth-order valence-corrected chi connectivity index (χ4v) is 2.66. The molecule has 0 unspecified atom stereocenters. The summed E-state index contributed by atoms with van der Waals surface area (Å²) in [4.78, 5) is 0. The Morgan fingerprint density at radius 3 is 2.47 bits per heavy atom. The third-order valence-corrected chi connectivity index (χ3v) is 3.60. The van der Waals surface area contributed by atoms with Crippen LogP contribution < -0.4 is 0 Å². The predicted octanol–water partition coefficient (Wildman–Crippen LogP) is 3.80. The minimum atomic E-state index is 0.00424. The van der Waals surface area contributed by atoms with Crippen LogP contribution in [0.5, 0.6) is 0 Å². The van der Waals surface area contributed by atoms with Crippen LogP contribution in [-0.4, -0.2) is 7.11 Å². The van der Waals surface area contributed by atoms with Crippen LogP contribution in [0.2, 0.25) is 0 Å². The average molecular weight is 204 g/mol. The third-order valence-electron chi connectivity index (χ3n) is 3.60. The second kappa shape index (κ2) is 4.36. The molecule has 1 aromatic rings. The molecule has 0 bridgehead atoms. The Bertz CT molecular complexity index is 324. The van der Waals surface area contributed by atoms with Crippen molar-refractivity contribution in [2.45, 2.75) is 44.6 Å². The van der Waals surface area contributed by atoms with Crippen molar-refractivity contribution >= 4 is 0 Å². The average Bonchev–Trinajstić information content (AvgIpc) is 2.30. The van der Waals surface area contributed by atoms with Gasteiger partial charge in [0.1, 0.15) is 0 Å². The Hall–Kier alpha value is -0.820. The lowest BCUT2D eigenvalue weighted by Crippen LogP contribution is -2.31. The van der Waals surface area contributed by atoms with Gasteiger partial charge in [0.05, 0.1) is 5.60 Å².